The van der Waals surface area contributed by atoms with Gasteiger partial charge in [-0.2, -0.15) is 0 Å². The molecule has 10 aliphatic rings. The fourth-order valence-electron chi connectivity index (χ4n) is 17.9. The average molecular weight is 871 g/mol. The summed E-state index contributed by atoms with van der Waals surface area (Å²) in [5.41, 5.74) is 2.02. The van der Waals surface area contributed by atoms with Crippen molar-refractivity contribution in [3.63, 3.8) is 0 Å². The summed E-state index contributed by atoms with van der Waals surface area (Å²) in [4.78, 5) is 55.9. The van der Waals surface area contributed by atoms with Crippen molar-refractivity contribution in [3.05, 3.63) is 69.4 Å². The van der Waals surface area contributed by atoms with Gasteiger partial charge < -0.3 is 19.7 Å². The molecule has 0 radical (unpaired) electrons. The number of ether oxygens (including phenoxy) is 2. The molecule has 8 heteroatoms. The van der Waals surface area contributed by atoms with Gasteiger partial charge in [0.05, 0.1) is 0 Å². The highest BCUT2D eigenvalue weighted by Crippen LogP contribution is 2.77. The Kier molecular flexibility index (Phi) is 8.25. The molecule has 1 aliphatic heterocycles. The molecule has 0 aromatic heterocycles. The van der Waals surface area contributed by atoms with Gasteiger partial charge >= 0.3 is 5.79 Å². The third kappa shape index (κ3) is 4.56. The number of hydrogen-bond donors (Lipinski definition) is 2. The maximum Gasteiger partial charge on any atom is 0.317 e. The first-order valence-corrected chi connectivity index (χ1v) is 24.6. The predicted molar refractivity (Wildman–Crippen MR) is 244 cm³/mol. The SMILES string of the molecule is Cc1c2c(cc3c1C(=O)C=C1[C@@]3(C)CC[C@@]3(C)[C@H]4C[C@@H](C)C(=O)[C@@H](O)[C@]4(C)CC[C@]13C)O[C@@]1(O)C(=O)C=C3C(=CC=C4[C@@]3(C)CC[C@@]3(C)[C@@H]5C[C@@H](C)C(=O)C[C@]5(C)CC[C@]43C)[C@@]1(C)O2. The Bertz CT molecular complexity index is 2580. The first kappa shape index (κ1) is 43.0. The van der Waals surface area contributed by atoms with Gasteiger partial charge in [0.25, 0.3) is 0 Å². The van der Waals surface area contributed by atoms with Gasteiger partial charge in [0.2, 0.25) is 11.4 Å². The molecule has 342 valence electrons. The van der Waals surface area contributed by atoms with E-state index in [1.807, 2.05) is 26.0 Å². The number of fused-ring (bicyclic) bond motifs is 17. The van der Waals surface area contributed by atoms with Gasteiger partial charge in [-0.25, -0.2) is 0 Å². The normalized spacial score (nSPS) is 50.9. The van der Waals surface area contributed by atoms with Crippen molar-refractivity contribution in [1.82, 2.24) is 0 Å². The number of carbonyl (C=O) groups is 4. The highest BCUT2D eigenvalue weighted by Gasteiger charge is 2.72. The zero-order valence-electron chi connectivity index (χ0n) is 40.4. The number of ketones is 4. The van der Waals surface area contributed by atoms with Crippen LogP contribution in [0.15, 0.2) is 52.7 Å². The zero-order valence-corrected chi connectivity index (χ0v) is 40.4. The Balaban J connectivity index is 0.985. The van der Waals surface area contributed by atoms with Crippen LogP contribution in [0.1, 0.15) is 168 Å². The molecule has 0 amide bonds. The van der Waals surface area contributed by atoms with Gasteiger partial charge in [-0.15, -0.1) is 0 Å². The Morgan fingerprint density at radius 1 is 0.672 bits per heavy atom. The largest absolute Gasteiger partial charge is 0.471 e. The van der Waals surface area contributed by atoms with Crippen molar-refractivity contribution in [2.24, 2.45) is 61.6 Å². The van der Waals surface area contributed by atoms with Crippen molar-refractivity contribution >= 4 is 23.1 Å². The van der Waals surface area contributed by atoms with Gasteiger partial charge in [0, 0.05) is 51.2 Å². The first-order valence-electron chi connectivity index (χ1n) is 24.6. The summed E-state index contributed by atoms with van der Waals surface area (Å²) in [5, 5.41) is 24.3. The lowest BCUT2D eigenvalue weighted by Crippen LogP contribution is -2.70. The molecule has 0 spiro atoms. The van der Waals surface area contributed by atoms with Crippen molar-refractivity contribution in [2.75, 3.05) is 0 Å². The van der Waals surface area contributed by atoms with Crippen molar-refractivity contribution in [1.29, 1.82) is 0 Å². The number of allylic oxidation sites excluding steroid dienone is 5. The van der Waals surface area contributed by atoms with E-state index in [2.05, 4.69) is 74.5 Å². The molecule has 6 fully saturated rings. The summed E-state index contributed by atoms with van der Waals surface area (Å²) in [6.07, 6.45) is 15.9. The Morgan fingerprint density at radius 2 is 1.30 bits per heavy atom. The highest BCUT2D eigenvalue weighted by atomic mass is 16.7. The van der Waals surface area contributed by atoms with Crippen LogP contribution < -0.4 is 9.47 Å². The van der Waals surface area contributed by atoms with Crippen LogP contribution in [0.2, 0.25) is 0 Å². The molecular weight excluding hydrogens is 801 g/mol. The van der Waals surface area contributed by atoms with Crippen molar-refractivity contribution in [2.45, 2.75) is 177 Å². The van der Waals surface area contributed by atoms with E-state index in [9.17, 15) is 29.4 Å². The van der Waals surface area contributed by atoms with E-state index >= 15 is 0 Å². The van der Waals surface area contributed by atoms with Crippen LogP contribution in [-0.4, -0.2) is 50.8 Å². The minimum absolute atomic E-state index is 0.0196. The second-order valence-corrected chi connectivity index (χ2v) is 25.3. The van der Waals surface area contributed by atoms with Crippen LogP contribution in [0, 0.1) is 68.5 Å². The minimum Gasteiger partial charge on any atom is -0.471 e. The summed E-state index contributed by atoms with van der Waals surface area (Å²) < 4.78 is 13.8. The van der Waals surface area contributed by atoms with Crippen molar-refractivity contribution < 1.29 is 38.9 Å². The van der Waals surface area contributed by atoms with Gasteiger partial charge in [-0.05, 0) is 152 Å². The zero-order chi connectivity index (χ0) is 46.1. The smallest absolute Gasteiger partial charge is 0.317 e. The van der Waals surface area contributed by atoms with E-state index in [4.69, 9.17) is 9.47 Å². The molecule has 0 bridgehead atoms. The third-order valence-electron chi connectivity index (χ3n) is 22.6. The molecule has 1 aromatic carbocycles. The Morgan fingerprint density at radius 3 is 2.00 bits per heavy atom. The van der Waals surface area contributed by atoms with E-state index in [1.54, 1.807) is 13.0 Å². The molecule has 1 aromatic rings. The second kappa shape index (κ2) is 12.3. The summed E-state index contributed by atoms with van der Waals surface area (Å²) in [6.45, 7) is 26.2. The van der Waals surface area contributed by atoms with Gasteiger partial charge in [0.1, 0.15) is 11.9 Å². The monoisotopic (exact) mass is 871 g/mol. The lowest BCUT2D eigenvalue weighted by molar-refractivity contribution is -0.231. The molecular formula is C56H70O8. The summed E-state index contributed by atoms with van der Waals surface area (Å²) in [5.74, 6) is -1.67. The molecule has 1 heterocycles. The van der Waals surface area contributed by atoms with Crippen LogP contribution in [0.25, 0.3) is 0 Å². The second-order valence-electron chi connectivity index (χ2n) is 25.3. The topological polar surface area (TPSA) is 127 Å². The minimum atomic E-state index is -2.36. The molecule has 64 heavy (non-hydrogen) atoms. The highest BCUT2D eigenvalue weighted by molar-refractivity contribution is 6.10. The third-order valence-corrected chi connectivity index (χ3v) is 22.6. The fraction of sp³-hybridized carbons (Fsp3) is 0.679. The molecule has 0 saturated heterocycles. The van der Waals surface area contributed by atoms with Gasteiger partial charge in [0.15, 0.2) is 23.1 Å². The number of benzene rings is 1. The number of carbonyl (C=O) groups excluding carboxylic acids is 4. The quantitative estimate of drug-likeness (QED) is 0.264. The number of aliphatic hydroxyl groups excluding tert-OH is 1. The predicted octanol–water partition coefficient (Wildman–Crippen LogP) is 10.4. The van der Waals surface area contributed by atoms with Crippen LogP contribution in [0.5, 0.6) is 11.5 Å². The van der Waals surface area contributed by atoms with E-state index in [0.717, 1.165) is 80.1 Å². The lowest BCUT2D eigenvalue weighted by Gasteiger charge is -2.69. The van der Waals surface area contributed by atoms with E-state index in [0.29, 0.717) is 41.4 Å². The molecule has 0 unspecified atom stereocenters. The first-order chi connectivity index (χ1) is 29.6. The standard InChI is InChI=1S/C56H70O8/c1-29-23-39-47(4,28-36(29)58)15-19-51(8)38-14-13-32-33(48(38,5)16-20-52(39,51)9)26-42(59)56(62)55(32,12)64-45-31(3)43-34(25-37(45)63-56)49(6)17-21-53(10)40-24-30(2)44(60)46(61)50(40,7)18-22-54(53,11)41(49)27-35(43)57/h13-14,25-27,29-30,39-40,46,61-62H,15-24,28H2,1-12H3/t29-,30-,39-,40+,46-,47+,48+,49+,50-,51-,52+,53+,54-,55-,56+/m1/s1. The maximum atomic E-state index is 14.8. The molecule has 15 atom stereocenters. The van der Waals surface area contributed by atoms with Crippen LogP contribution in [-0.2, 0) is 19.8 Å². The molecule has 9 aliphatic carbocycles. The number of Topliss-reactive ketones (excluding diaryl/α,β-unsaturated/α-hetero) is 2. The fourth-order valence-corrected chi connectivity index (χ4v) is 17.9. The Hall–Kier alpha value is -3.62. The van der Waals surface area contributed by atoms with Gasteiger partial charge in [-0.3, -0.25) is 19.2 Å². The lowest BCUT2D eigenvalue weighted by atomic mass is 9.35. The maximum absolute atomic E-state index is 14.8. The Labute approximate surface area is 379 Å². The molecule has 2 N–H and O–H groups in total. The van der Waals surface area contributed by atoms with E-state index < -0.39 is 39.5 Å². The van der Waals surface area contributed by atoms with Crippen LogP contribution in [0.4, 0.5) is 0 Å². The summed E-state index contributed by atoms with van der Waals surface area (Å²) in [7, 11) is 0. The molecule has 8 nitrogen and oxygen atoms in total. The van der Waals surface area contributed by atoms with E-state index in [1.165, 1.54) is 5.57 Å². The number of rotatable bonds is 0. The van der Waals surface area contributed by atoms with Crippen LogP contribution in [0.3, 0.4) is 0 Å². The molecule has 6 saturated carbocycles. The van der Waals surface area contributed by atoms with Crippen LogP contribution >= 0.6 is 0 Å². The number of aliphatic hydroxyl groups is 2. The number of hydrogen-bond acceptors (Lipinski definition) is 8. The molecule has 11 rings (SSSR count). The summed E-state index contributed by atoms with van der Waals surface area (Å²) >= 11 is 0. The van der Waals surface area contributed by atoms with Crippen molar-refractivity contribution in [3.8, 4) is 11.5 Å². The summed E-state index contributed by atoms with van der Waals surface area (Å²) in [6, 6.07) is 1.88. The van der Waals surface area contributed by atoms with E-state index in [-0.39, 0.29) is 62.1 Å². The van der Waals surface area contributed by atoms with Gasteiger partial charge in [-0.1, -0.05) is 87.0 Å². The average Bonchev–Trinajstić information content (AvgIpc) is 3.23.